The van der Waals surface area contributed by atoms with E-state index in [9.17, 15) is 4.79 Å². The molecule has 1 saturated heterocycles. The molecule has 2 rings (SSSR count). The zero-order valence-corrected chi connectivity index (χ0v) is 10.6. The summed E-state index contributed by atoms with van der Waals surface area (Å²) < 4.78 is 16.2. The lowest BCUT2D eigenvalue weighted by molar-refractivity contribution is -0.165. The van der Waals surface area contributed by atoms with Gasteiger partial charge in [-0.1, -0.05) is 5.10 Å². The van der Waals surface area contributed by atoms with Crippen molar-refractivity contribution in [2.75, 3.05) is 19.8 Å². The predicted molar refractivity (Wildman–Crippen MR) is 63.5 cm³/mol. The Kier molecular flexibility index (Phi) is 4.85. The topological polar surface area (TPSA) is 96.6 Å². The fraction of sp³-hybridized carbons (Fsp3) is 0.700. The molecule has 0 aromatic carbocycles. The molecule has 100 valence electrons. The van der Waals surface area contributed by atoms with Crippen LogP contribution in [0.15, 0.2) is 0 Å². The minimum absolute atomic E-state index is 0.127. The maximum Gasteiger partial charge on any atom is 0.294 e. The van der Waals surface area contributed by atoms with Gasteiger partial charge >= 0.3 is 0 Å². The second-order valence-corrected chi connectivity index (χ2v) is 4.69. The highest BCUT2D eigenvalue weighted by Gasteiger charge is 2.14. The molecule has 1 aromatic heterocycles. The number of primary amides is 1. The van der Waals surface area contributed by atoms with Gasteiger partial charge in [0.15, 0.2) is 6.29 Å². The van der Waals surface area contributed by atoms with Gasteiger partial charge in [0, 0.05) is 6.61 Å². The predicted octanol–water partition coefficient (Wildman–Crippen LogP) is 0.559. The van der Waals surface area contributed by atoms with E-state index in [0.29, 0.717) is 18.4 Å². The van der Waals surface area contributed by atoms with E-state index in [-0.39, 0.29) is 11.3 Å². The van der Waals surface area contributed by atoms with Crippen LogP contribution in [0.3, 0.4) is 0 Å². The van der Waals surface area contributed by atoms with Crippen LogP contribution in [0.25, 0.3) is 0 Å². The summed E-state index contributed by atoms with van der Waals surface area (Å²) >= 11 is 1.02. The molecule has 0 saturated carbocycles. The van der Waals surface area contributed by atoms with Crippen LogP contribution in [0, 0.1) is 0 Å². The first kappa shape index (κ1) is 13.2. The second-order valence-electron chi connectivity index (χ2n) is 3.75. The van der Waals surface area contributed by atoms with Gasteiger partial charge in [0.05, 0.1) is 6.61 Å². The van der Waals surface area contributed by atoms with Crippen molar-refractivity contribution < 1.29 is 19.0 Å². The van der Waals surface area contributed by atoms with Gasteiger partial charge in [0.2, 0.25) is 5.01 Å². The summed E-state index contributed by atoms with van der Waals surface area (Å²) in [7, 11) is 0. The van der Waals surface area contributed by atoms with E-state index in [1.165, 1.54) is 0 Å². The highest BCUT2D eigenvalue weighted by Crippen LogP contribution is 2.17. The Bertz CT molecular complexity index is 392. The van der Waals surface area contributed by atoms with E-state index in [1.54, 1.807) is 0 Å². The first-order valence-corrected chi connectivity index (χ1v) is 6.56. The number of hydrogen-bond donors (Lipinski definition) is 1. The van der Waals surface area contributed by atoms with Crippen molar-refractivity contribution in [2.45, 2.75) is 25.6 Å². The second kappa shape index (κ2) is 6.62. The minimum atomic E-state index is -0.603. The molecule has 1 amide bonds. The first-order valence-electron chi connectivity index (χ1n) is 5.75. The van der Waals surface area contributed by atoms with Gasteiger partial charge in [-0.15, -0.1) is 5.10 Å². The van der Waals surface area contributed by atoms with Gasteiger partial charge in [-0.25, -0.2) is 0 Å². The van der Waals surface area contributed by atoms with Crippen LogP contribution < -0.4 is 10.5 Å². The van der Waals surface area contributed by atoms with E-state index < -0.39 is 5.91 Å². The molecule has 2 heterocycles. The van der Waals surface area contributed by atoms with Crippen LogP contribution in [0.1, 0.15) is 29.1 Å². The fourth-order valence-corrected chi connectivity index (χ4v) is 2.09. The van der Waals surface area contributed by atoms with Gasteiger partial charge in [-0.05, 0) is 30.6 Å². The largest absolute Gasteiger partial charge is 0.466 e. The number of nitrogens with zero attached hydrogens (tertiary/aromatic N) is 2. The Hall–Kier alpha value is -1.25. The molecule has 0 radical (unpaired) electrons. The van der Waals surface area contributed by atoms with Crippen LogP contribution in [0.5, 0.6) is 5.19 Å². The molecule has 0 aliphatic carbocycles. The van der Waals surface area contributed by atoms with Crippen LogP contribution in [-0.4, -0.2) is 42.2 Å². The van der Waals surface area contributed by atoms with Crippen LogP contribution >= 0.6 is 11.3 Å². The van der Waals surface area contributed by atoms with Crippen molar-refractivity contribution in [3.05, 3.63) is 5.01 Å². The number of carbonyl (C=O) groups is 1. The zero-order valence-electron chi connectivity index (χ0n) is 9.83. The van der Waals surface area contributed by atoms with Crippen molar-refractivity contribution >= 4 is 17.2 Å². The summed E-state index contributed by atoms with van der Waals surface area (Å²) in [5, 5.41) is 7.73. The zero-order chi connectivity index (χ0) is 12.8. The van der Waals surface area contributed by atoms with Crippen LogP contribution in [0.4, 0.5) is 0 Å². The SMILES string of the molecule is NC(=O)c1nnc(OCCOC2CCCCO2)s1. The quantitative estimate of drug-likeness (QED) is 0.761. The normalized spacial score (nSPS) is 19.7. The molecule has 1 atom stereocenters. The molecule has 0 bridgehead atoms. The molecular formula is C10H15N3O4S. The summed E-state index contributed by atoms with van der Waals surface area (Å²) in [6, 6.07) is 0. The van der Waals surface area contributed by atoms with Gasteiger partial charge < -0.3 is 19.9 Å². The van der Waals surface area contributed by atoms with Crippen LogP contribution in [0.2, 0.25) is 0 Å². The number of rotatable bonds is 6. The average Bonchev–Trinajstić information content (AvgIpc) is 2.85. The summed E-state index contributed by atoms with van der Waals surface area (Å²) in [6.07, 6.45) is 3.02. The molecule has 1 aliphatic heterocycles. The summed E-state index contributed by atoms with van der Waals surface area (Å²) in [5.41, 5.74) is 5.05. The third-order valence-electron chi connectivity index (χ3n) is 2.37. The Balaban J connectivity index is 1.63. The molecule has 1 fully saturated rings. The van der Waals surface area contributed by atoms with Crippen molar-refractivity contribution in [2.24, 2.45) is 5.73 Å². The van der Waals surface area contributed by atoms with E-state index in [0.717, 1.165) is 37.2 Å². The first-order chi connectivity index (χ1) is 8.75. The Morgan fingerprint density at radius 1 is 1.44 bits per heavy atom. The summed E-state index contributed by atoms with van der Waals surface area (Å²) in [6.45, 7) is 1.51. The maximum absolute atomic E-state index is 10.8. The van der Waals surface area contributed by atoms with Gasteiger partial charge in [0.25, 0.3) is 11.1 Å². The van der Waals surface area contributed by atoms with Crippen molar-refractivity contribution in [3.8, 4) is 5.19 Å². The standard InChI is InChI=1S/C10H15N3O4S/c11-8(14)9-12-13-10(18-9)17-6-5-16-7-3-1-2-4-15-7/h7H,1-6H2,(H2,11,14). The smallest absolute Gasteiger partial charge is 0.294 e. The number of hydrogen-bond acceptors (Lipinski definition) is 7. The minimum Gasteiger partial charge on any atom is -0.466 e. The molecule has 18 heavy (non-hydrogen) atoms. The highest BCUT2D eigenvalue weighted by molar-refractivity contribution is 7.14. The van der Waals surface area contributed by atoms with Crippen molar-refractivity contribution in [1.29, 1.82) is 0 Å². The van der Waals surface area contributed by atoms with Gasteiger partial charge in [-0.2, -0.15) is 0 Å². The molecule has 0 spiro atoms. The molecule has 8 heteroatoms. The molecular weight excluding hydrogens is 258 g/mol. The van der Waals surface area contributed by atoms with Crippen molar-refractivity contribution in [3.63, 3.8) is 0 Å². The molecule has 1 unspecified atom stereocenters. The Morgan fingerprint density at radius 2 is 2.33 bits per heavy atom. The highest BCUT2D eigenvalue weighted by atomic mass is 32.1. The van der Waals surface area contributed by atoms with E-state index in [2.05, 4.69) is 10.2 Å². The molecule has 7 nitrogen and oxygen atoms in total. The lowest BCUT2D eigenvalue weighted by Crippen LogP contribution is -2.24. The van der Waals surface area contributed by atoms with E-state index >= 15 is 0 Å². The summed E-state index contributed by atoms with van der Waals surface area (Å²) in [4.78, 5) is 10.8. The molecule has 1 aliphatic rings. The Morgan fingerprint density at radius 3 is 3.00 bits per heavy atom. The molecule has 2 N–H and O–H groups in total. The number of aromatic nitrogens is 2. The van der Waals surface area contributed by atoms with Crippen molar-refractivity contribution in [1.82, 2.24) is 10.2 Å². The molecule has 1 aromatic rings. The number of amides is 1. The third kappa shape index (κ3) is 3.90. The summed E-state index contributed by atoms with van der Waals surface area (Å²) in [5.74, 6) is -0.603. The lowest BCUT2D eigenvalue weighted by atomic mass is 10.2. The number of carbonyl (C=O) groups excluding carboxylic acids is 1. The van der Waals surface area contributed by atoms with Gasteiger partial charge in [0.1, 0.15) is 6.61 Å². The monoisotopic (exact) mass is 273 g/mol. The van der Waals surface area contributed by atoms with Gasteiger partial charge in [-0.3, -0.25) is 4.79 Å². The van der Waals surface area contributed by atoms with E-state index in [1.807, 2.05) is 0 Å². The Labute approximate surface area is 108 Å². The number of nitrogens with two attached hydrogens (primary N) is 1. The average molecular weight is 273 g/mol. The van der Waals surface area contributed by atoms with Crippen LogP contribution in [-0.2, 0) is 9.47 Å². The van der Waals surface area contributed by atoms with E-state index in [4.69, 9.17) is 19.9 Å². The lowest BCUT2D eigenvalue weighted by Gasteiger charge is -2.22. The third-order valence-corrected chi connectivity index (χ3v) is 3.22. The number of ether oxygens (including phenoxy) is 3. The fourth-order valence-electron chi connectivity index (χ4n) is 1.52. The maximum atomic E-state index is 10.8.